The average molecular weight is 482 g/mol. The van der Waals surface area contributed by atoms with E-state index in [1.807, 2.05) is 6.92 Å². The Labute approximate surface area is 193 Å². The Hall–Kier alpha value is -3.36. The van der Waals surface area contributed by atoms with Crippen LogP contribution in [0.4, 0.5) is 5.69 Å². The summed E-state index contributed by atoms with van der Waals surface area (Å²) in [6.07, 6.45) is 0. The zero-order chi connectivity index (χ0) is 24.0. The SMILES string of the molecule is Cc1cc(C)c(S(=O)(=O)Nc2cc(S(=O)(=O)c3ccccc3)c(O)c3ccccc23)c(C)c1. The Morgan fingerprint density at radius 3 is 1.88 bits per heavy atom. The van der Waals surface area contributed by atoms with Crippen molar-refractivity contribution < 1.29 is 21.9 Å². The highest BCUT2D eigenvalue weighted by atomic mass is 32.2. The third kappa shape index (κ3) is 4.07. The summed E-state index contributed by atoms with van der Waals surface area (Å²) in [6.45, 7) is 5.32. The minimum Gasteiger partial charge on any atom is -0.506 e. The summed E-state index contributed by atoms with van der Waals surface area (Å²) in [5.41, 5.74) is 2.17. The summed E-state index contributed by atoms with van der Waals surface area (Å²) in [7, 11) is -8.16. The van der Waals surface area contributed by atoms with Crippen LogP contribution < -0.4 is 4.72 Å². The first-order valence-corrected chi connectivity index (χ1v) is 13.1. The van der Waals surface area contributed by atoms with Crippen LogP contribution >= 0.6 is 0 Å². The van der Waals surface area contributed by atoms with Crippen LogP contribution in [0.3, 0.4) is 0 Å². The van der Waals surface area contributed by atoms with Gasteiger partial charge in [0, 0.05) is 10.8 Å². The monoisotopic (exact) mass is 481 g/mol. The fourth-order valence-corrected chi connectivity index (χ4v) is 7.07. The molecule has 0 bridgehead atoms. The number of benzene rings is 4. The first kappa shape index (κ1) is 22.8. The number of aryl methyl sites for hydroxylation is 3. The molecule has 4 rings (SSSR count). The number of nitrogens with one attached hydrogen (secondary N) is 1. The molecule has 170 valence electrons. The number of phenols is 1. The fourth-order valence-electron chi connectivity index (χ4n) is 4.14. The van der Waals surface area contributed by atoms with Gasteiger partial charge in [0.15, 0.2) is 0 Å². The third-order valence-electron chi connectivity index (χ3n) is 5.44. The lowest BCUT2D eigenvalue weighted by Gasteiger charge is -2.17. The van der Waals surface area contributed by atoms with Gasteiger partial charge in [0.05, 0.1) is 15.5 Å². The second-order valence-corrected chi connectivity index (χ2v) is 11.5. The van der Waals surface area contributed by atoms with Gasteiger partial charge in [-0.15, -0.1) is 0 Å². The van der Waals surface area contributed by atoms with Gasteiger partial charge in [0.1, 0.15) is 10.6 Å². The molecule has 0 aliphatic carbocycles. The maximum atomic E-state index is 13.4. The lowest BCUT2D eigenvalue weighted by molar-refractivity contribution is 0.465. The number of aromatic hydroxyl groups is 1. The van der Waals surface area contributed by atoms with E-state index in [2.05, 4.69) is 4.72 Å². The molecule has 0 heterocycles. The average Bonchev–Trinajstić information content (AvgIpc) is 2.75. The molecule has 4 aromatic rings. The highest BCUT2D eigenvalue weighted by Gasteiger charge is 2.27. The summed E-state index contributed by atoms with van der Waals surface area (Å²) in [6, 6.07) is 18.9. The highest BCUT2D eigenvalue weighted by molar-refractivity contribution is 7.93. The molecule has 0 aromatic heterocycles. The number of hydrogen-bond acceptors (Lipinski definition) is 5. The number of sulfone groups is 1. The maximum Gasteiger partial charge on any atom is 0.262 e. The van der Waals surface area contributed by atoms with Gasteiger partial charge < -0.3 is 5.11 Å². The largest absolute Gasteiger partial charge is 0.506 e. The first-order chi connectivity index (χ1) is 15.5. The van der Waals surface area contributed by atoms with E-state index in [1.54, 1.807) is 68.4 Å². The Balaban J connectivity index is 1.95. The molecule has 0 amide bonds. The second-order valence-electron chi connectivity index (χ2n) is 7.97. The van der Waals surface area contributed by atoms with E-state index in [4.69, 9.17) is 0 Å². The van der Waals surface area contributed by atoms with Gasteiger partial charge in [-0.3, -0.25) is 4.72 Å². The van der Waals surface area contributed by atoms with E-state index >= 15 is 0 Å². The van der Waals surface area contributed by atoms with Crippen molar-refractivity contribution in [3.63, 3.8) is 0 Å². The lowest BCUT2D eigenvalue weighted by atomic mass is 10.1. The van der Waals surface area contributed by atoms with Crippen LogP contribution in [0.2, 0.25) is 0 Å². The predicted octanol–water partition coefficient (Wildman–Crippen LogP) is 5.10. The summed E-state index contributed by atoms with van der Waals surface area (Å²) >= 11 is 0. The van der Waals surface area contributed by atoms with Crippen molar-refractivity contribution in [3.8, 4) is 5.75 Å². The van der Waals surface area contributed by atoms with E-state index in [1.165, 1.54) is 18.2 Å². The molecular formula is C25H23NO5S2. The molecule has 4 aromatic carbocycles. The molecule has 8 heteroatoms. The normalized spacial score (nSPS) is 12.1. The number of phenolic OH excluding ortho intramolecular Hbond substituents is 1. The molecule has 0 aliphatic heterocycles. The second kappa shape index (κ2) is 8.20. The molecule has 6 nitrogen and oxygen atoms in total. The number of hydrogen-bond donors (Lipinski definition) is 2. The maximum absolute atomic E-state index is 13.4. The van der Waals surface area contributed by atoms with Gasteiger partial charge >= 0.3 is 0 Å². The van der Waals surface area contributed by atoms with E-state index in [-0.39, 0.29) is 25.8 Å². The number of fused-ring (bicyclic) bond motifs is 1. The molecule has 0 radical (unpaired) electrons. The van der Waals surface area contributed by atoms with Crippen molar-refractivity contribution in [2.75, 3.05) is 4.72 Å². The van der Waals surface area contributed by atoms with Crippen LogP contribution in [0.25, 0.3) is 10.8 Å². The number of anilines is 1. The van der Waals surface area contributed by atoms with Crippen LogP contribution in [0.5, 0.6) is 5.75 Å². The van der Waals surface area contributed by atoms with E-state index in [0.29, 0.717) is 16.5 Å². The lowest BCUT2D eigenvalue weighted by Crippen LogP contribution is -2.16. The van der Waals surface area contributed by atoms with Crippen LogP contribution in [0.1, 0.15) is 16.7 Å². The molecule has 0 unspecified atom stereocenters. The number of sulfonamides is 1. The van der Waals surface area contributed by atoms with Gasteiger partial charge in [0.2, 0.25) is 9.84 Å². The molecule has 33 heavy (non-hydrogen) atoms. The van der Waals surface area contributed by atoms with Gasteiger partial charge in [0.25, 0.3) is 10.0 Å². The van der Waals surface area contributed by atoms with Crippen molar-refractivity contribution >= 4 is 36.3 Å². The zero-order valence-electron chi connectivity index (χ0n) is 18.3. The summed E-state index contributed by atoms with van der Waals surface area (Å²) in [5.74, 6) is -0.430. The smallest absolute Gasteiger partial charge is 0.262 e. The Morgan fingerprint density at radius 2 is 1.27 bits per heavy atom. The molecule has 0 spiro atoms. The summed E-state index contributed by atoms with van der Waals surface area (Å²) in [4.78, 5) is -0.241. The van der Waals surface area contributed by atoms with Gasteiger partial charge in [-0.2, -0.15) is 0 Å². The molecule has 0 fully saturated rings. The standard InChI is InChI=1S/C25H23NO5S2/c1-16-13-17(2)25(18(3)14-16)33(30,31)26-22-15-23(24(27)21-12-8-7-11-20(21)22)32(28,29)19-9-5-4-6-10-19/h4-15,26-27H,1-3H3. The van der Waals surface area contributed by atoms with Gasteiger partial charge in [-0.25, -0.2) is 16.8 Å². The Morgan fingerprint density at radius 1 is 0.727 bits per heavy atom. The van der Waals surface area contributed by atoms with Crippen LogP contribution in [-0.4, -0.2) is 21.9 Å². The quantitative estimate of drug-likeness (QED) is 0.386. The zero-order valence-corrected chi connectivity index (χ0v) is 20.0. The van der Waals surface area contributed by atoms with Crippen molar-refractivity contribution in [2.24, 2.45) is 0 Å². The summed E-state index contributed by atoms with van der Waals surface area (Å²) < 4.78 is 55.9. The predicted molar refractivity (Wildman–Crippen MR) is 129 cm³/mol. The van der Waals surface area contributed by atoms with Gasteiger partial charge in [-0.1, -0.05) is 60.2 Å². The Bertz CT molecular complexity index is 1570. The number of rotatable bonds is 5. The van der Waals surface area contributed by atoms with Crippen LogP contribution in [-0.2, 0) is 19.9 Å². The van der Waals surface area contributed by atoms with Crippen molar-refractivity contribution in [3.05, 3.63) is 89.5 Å². The van der Waals surface area contributed by atoms with Crippen molar-refractivity contribution in [1.29, 1.82) is 0 Å². The molecular weight excluding hydrogens is 458 g/mol. The van der Waals surface area contributed by atoms with Crippen molar-refractivity contribution in [1.82, 2.24) is 0 Å². The third-order valence-corrected chi connectivity index (χ3v) is 8.89. The fraction of sp³-hybridized carbons (Fsp3) is 0.120. The topological polar surface area (TPSA) is 101 Å². The van der Waals surface area contributed by atoms with E-state index < -0.39 is 25.6 Å². The molecule has 0 aliphatic rings. The minimum absolute atomic E-state index is 0.00499. The first-order valence-electron chi connectivity index (χ1n) is 10.2. The molecule has 0 atom stereocenters. The highest BCUT2D eigenvalue weighted by Crippen LogP contribution is 2.40. The minimum atomic E-state index is -4.11. The van der Waals surface area contributed by atoms with E-state index in [0.717, 1.165) is 5.56 Å². The molecule has 2 N–H and O–H groups in total. The van der Waals surface area contributed by atoms with Crippen molar-refractivity contribution in [2.45, 2.75) is 35.5 Å². The van der Waals surface area contributed by atoms with E-state index in [9.17, 15) is 21.9 Å². The van der Waals surface area contributed by atoms with Crippen LogP contribution in [0.15, 0.2) is 87.5 Å². The summed E-state index contributed by atoms with van der Waals surface area (Å²) in [5, 5.41) is 11.5. The molecule has 0 saturated heterocycles. The van der Waals surface area contributed by atoms with Gasteiger partial charge in [-0.05, 0) is 50.1 Å². The van der Waals surface area contributed by atoms with Crippen LogP contribution in [0, 0.1) is 20.8 Å². The molecule has 0 saturated carbocycles. The Kier molecular flexibility index (Phi) is 5.67.